The highest BCUT2D eigenvalue weighted by molar-refractivity contribution is 5.86. The first-order valence-electron chi connectivity index (χ1n) is 10.1. The van der Waals surface area contributed by atoms with E-state index in [0.717, 1.165) is 56.8 Å². The Hall–Kier alpha value is -2.42. The molecule has 1 heterocycles. The number of hydrogen-bond donors (Lipinski definition) is 0. The fourth-order valence-electron chi connectivity index (χ4n) is 4.02. The summed E-state index contributed by atoms with van der Waals surface area (Å²) in [6.07, 6.45) is 7.87. The highest BCUT2D eigenvalue weighted by Gasteiger charge is 2.33. The van der Waals surface area contributed by atoms with Crippen molar-refractivity contribution >= 4 is 12.2 Å². The van der Waals surface area contributed by atoms with Crippen LogP contribution in [0.4, 0.5) is 0 Å². The summed E-state index contributed by atoms with van der Waals surface area (Å²) in [5.41, 5.74) is 2.45. The van der Waals surface area contributed by atoms with E-state index in [2.05, 4.69) is 24.3 Å². The average Bonchev–Trinajstić information content (AvgIpc) is 3.20. The minimum Gasteiger partial charge on any atom is -0.332 e. The molecule has 3 heteroatoms. The number of unbranched alkanes of at least 4 members (excludes halogenated alkanes) is 2. The lowest BCUT2D eigenvalue weighted by Gasteiger charge is -2.26. The number of rotatable bonds is 9. The quantitative estimate of drug-likeness (QED) is 0.476. The Labute approximate surface area is 162 Å². The summed E-state index contributed by atoms with van der Waals surface area (Å²) < 4.78 is 0. The summed E-state index contributed by atoms with van der Waals surface area (Å²) in [6, 6.07) is 20.4. The van der Waals surface area contributed by atoms with Gasteiger partial charge in [-0.3, -0.25) is 4.79 Å². The van der Waals surface area contributed by atoms with E-state index in [4.69, 9.17) is 0 Å². The number of amides is 1. The maximum atomic E-state index is 13.2. The van der Waals surface area contributed by atoms with Crippen molar-refractivity contribution in [3.8, 4) is 0 Å². The van der Waals surface area contributed by atoms with Crippen molar-refractivity contribution in [3.05, 3.63) is 71.8 Å². The van der Waals surface area contributed by atoms with Gasteiger partial charge < -0.3 is 9.69 Å². The Bertz CT molecular complexity index is 714. The van der Waals surface area contributed by atoms with Crippen LogP contribution in [0.15, 0.2) is 60.7 Å². The Morgan fingerprint density at radius 3 is 2.41 bits per heavy atom. The van der Waals surface area contributed by atoms with Crippen LogP contribution in [0.2, 0.25) is 0 Å². The Morgan fingerprint density at radius 1 is 1.00 bits per heavy atom. The molecule has 2 aromatic rings. The van der Waals surface area contributed by atoms with Gasteiger partial charge in [0.25, 0.3) is 0 Å². The van der Waals surface area contributed by atoms with Gasteiger partial charge in [-0.2, -0.15) is 0 Å². The number of hydrogen-bond acceptors (Lipinski definition) is 2. The maximum absolute atomic E-state index is 13.2. The second-order valence-electron chi connectivity index (χ2n) is 7.43. The lowest BCUT2D eigenvalue weighted by Crippen LogP contribution is -2.39. The molecule has 2 atom stereocenters. The predicted molar refractivity (Wildman–Crippen MR) is 109 cm³/mol. The highest BCUT2D eigenvalue weighted by atomic mass is 16.2. The van der Waals surface area contributed by atoms with Crippen LogP contribution in [0.25, 0.3) is 0 Å². The van der Waals surface area contributed by atoms with Gasteiger partial charge >= 0.3 is 0 Å². The zero-order chi connectivity index (χ0) is 18.9. The number of benzene rings is 2. The average molecular weight is 364 g/mol. The molecule has 0 bridgehead atoms. The molecule has 1 saturated heterocycles. The normalized spacial score (nSPS) is 17.6. The molecule has 0 N–H and O–H groups in total. The van der Waals surface area contributed by atoms with Gasteiger partial charge in [-0.25, -0.2) is 0 Å². The van der Waals surface area contributed by atoms with Crippen LogP contribution < -0.4 is 0 Å². The number of carbonyl (C=O) groups is 2. The second-order valence-corrected chi connectivity index (χ2v) is 7.43. The summed E-state index contributed by atoms with van der Waals surface area (Å²) in [4.78, 5) is 26.3. The number of aryl methyl sites for hydroxylation is 1. The molecule has 1 aliphatic rings. The Balaban J connectivity index is 1.57. The van der Waals surface area contributed by atoms with Crippen molar-refractivity contribution in [2.75, 3.05) is 6.54 Å². The van der Waals surface area contributed by atoms with Gasteiger partial charge in [0.05, 0.1) is 12.0 Å². The molecule has 0 aliphatic carbocycles. The van der Waals surface area contributed by atoms with Gasteiger partial charge in [0.15, 0.2) is 0 Å². The SMILES string of the molecule is O=CC1CCCN1C(=O)C(CCCCCc1ccccc1)c1ccccc1. The Kier molecular flexibility index (Phi) is 7.20. The molecule has 1 fully saturated rings. The third-order valence-electron chi connectivity index (χ3n) is 5.54. The van der Waals surface area contributed by atoms with Gasteiger partial charge in [0, 0.05) is 6.54 Å². The first-order valence-corrected chi connectivity index (χ1v) is 10.1. The predicted octanol–water partition coefficient (Wildman–Crippen LogP) is 4.76. The molecule has 3 rings (SSSR count). The summed E-state index contributed by atoms with van der Waals surface area (Å²) in [6.45, 7) is 0.708. The molecule has 0 radical (unpaired) electrons. The first-order chi connectivity index (χ1) is 13.3. The molecule has 1 amide bonds. The van der Waals surface area contributed by atoms with Crippen molar-refractivity contribution < 1.29 is 9.59 Å². The molecule has 142 valence electrons. The Morgan fingerprint density at radius 2 is 1.70 bits per heavy atom. The molecule has 27 heavy (non-hydrogen) atoms. The highest BCUT2D eigenvalue weighted by Crippen LogP contribution is 2.28. The van der Waals surface area contributed by atoms with Crippen molar-refractivity contribution in [2.45, 2.75) is 56.9 Å². The van der Waals surface area contributed by atoms with Gasteiger partial charge in [0.2, 0.25) is 5.91 Å². The largest absolute Gasteiger partial charge is 0.332 e. The molecule has 2 aromatic carbocycles. The van der Waals surface area contributed by atoms with Crippen molar-refractivity contribution in [3.63, 3.8) is 0 Å². The van der Waals surface area contributed by atoms with E-state index in [1.54, 1.807) is 4.90 Å². The zero-order valence-electron chi connectivity index (χ0n) is 15.9. The lowest BCUT2D eigenvalue weighted by molar-refractivity contribution is -0.136. The fraction of sp³-hybridized carbons (Fsp3) is 0.417. The number of likely N-dealkylation sites (tertiary alicyclic amines) is 1. The van der Waals surface area contributed by atoms with Crippen LogP contribution in [0.5, 0.6) is 0 Å². The monoisotopic (exact) mass is 363 g/mol. The second kappa shape index (κ2) is 10.1. The summed E-state index contributed by atoms with van der Waals surface area (Å²) >= 11 is 0. The summed E-state index contributed by atoms with van der Waals surface area (Å²) in [5.74, 6) is -0.0117. The van der Waals surface area contributed by atoms with E-state index in [9.17, 15) is 9.59 Å². The van der Waals surface area contributed by atoms with E-state index in [1.165, 1.54) is 5.56 Å². The van der Waals surface area contributed by atoms with Gasteiger partial charge in [0.1, 0.15) is 6.29 Å². The molecular formula is C24H29NO2. The van der Waals surface area contributed by atoms with E-state index < -0.39 is 0 Å². The van der Waals surface area contributed by atoms with Crippen molar-refractivity contribution in [2.24, 2.45) is 0 Å². The summed E-state index contributed by atoms with van der Waals surface area (Å²) in [7, 11) is 0. The van der Waals surface area contributed by atoms with E-state index in [0.29, 0.717) is 6.54 Å². The van der Waals surface area contributed by atoms with Crippen LogP contribution in [0.1, 0.15) is 55.6 Å². The lowest BCUT2D eigenvalue weighted by atomic mass is 9.91. The molecule has 2 unspecified atom stereocenters. The number of carbonyl (C=O) groups excluding carboxylic acids is 2. The van der Waals surface area contributed by atoms with Crippen molar-refractivity contribution in [1.82, 2.24) is 4.90 Å². The van der Waals surface area contributed by atoms with E-state index in [-0.39, 0.29) is 17.9 Å². The van der Waals surface area contributed by atoms with Crippen LogP contribution in [-0.4, -0.2) is 29.7 Å². The summed E-state index contributed by atoms with van der Waals surface area (Å²) in [5, 5.41) is 0. The maximum Gasteiger partial charge on any atom is 0.230 e. The van der Waals surface area contributed by atoms with Gasteiger partial charge in [-0.1, -0.05) is 73.5 Å². The molecule has 0 aromatic heterocycles. The minimum atomic E-state index is -0.234. The minimum absolute atomic E-state index is 0.124. The third-order valence-corrected chi connectivity index (χ3v) is 5.54. The van der Waals surface area contributed by atoms with Gasteiger partial charge in [-0.05, 0) is 43.2 Å². The third kappa shape index (κ3) is 5.29. The molecule has 3 nitrogen and oxygen atoms in total. The molecule has 0 spiro atoms. The van der Waals surface area contributed by atoms with Crippen LogP contribution in [0.3, 0.4) is 0 Å². The van der Waals surface area contributed by atoms with Crippen LogP contribution >= 0.6 is 0 Å². The van der Waals surface area contributed by atoms with Crippen LogP contribution in [-0.2, 0) is 16.0 Å². The zero-order valence-corrected chi connectivity index (χ0v) is 15.9. The standard InChI is InChI=1S/C24H29NO2/c26-19-22-16-10-18-25(22)24(27)23(21-14-7-3-8-15-21)17-9-2-6-13-20-11-4-1-5-12-20/h1,3-5,7-8,11-12,14-15,19,22-23H,2,6,9-10,13,16-18H2. The van der Waals surface area contributed by atoms with Crippen LogP contribution in [0, 0.1) is 0 Å². The molecule has 0 saturated carbocycles. The number of aldehydes is 1. The first kappa shape index (κ1) is 19.3. The number of nitrogens with zero attached hydrogens (tertiary/aromatic N) is 1. The molecular weight excluding hydrogens is 334 g/mol. The molecule has 1 aliphatic heterocycles. The van der Waals surface area contributed by atoms with Gasteiger partial charge in [-0.15, -0.1) is 0 Å². The van der Waals surface area contributed by atoms with E-state index in [1.807, 2.05) is 36.4 Å². The fourth-order valence-corrected chi connectivity index (χ4v) is 4.02. The topological polar surface area (TPSA) is 37.4 Å². The smallest absolute Gasteiger partial charge is 0.230 e. The van der Waals surface area contributed by atoms with E-state index >= 15 is 0 Å². The van der Waals surface area contributed by atoms with Crippen molar-refractivity contribution in [1.29, 1.82) is 0 Å².